The Morgan fingerprint density at radius 3 is 2.44 bits per heavy atom. The van der Waals surface area contributed by atoms with E-state index in [4.69, 9.17) is 10.5 Å². The molecule has 0 bridgehead atoms. The molecule has 16 heavy (non-hydrogen) atoms. The lowest BCUT2D eigenvalue weighted by Gasteiger charge is -2.09. The van der Waals surface area contributed by atoms with E-state index in [-0.39, 0.29) is 5.69 Å². The maximum atomic E-state index is 13.2. The molecule has 0 saturated heterocycles. The molecule has 0 aliphatic carbocycles. The van der Waals surface area contributed by atoms with Crippen LogP contribution in [0.4, 0.5) is 10.1 Å². The lowest BCUT2D eigenvalue weighted by molar-refractivity contribution is 0.477. The first-order chi connectivity index (χ1) is 7.68. The van der Waals surface area contributed by atoms with Gasteiger partial charge in [0.15, 0.2) is 5.75 Å². The number of para-hydroxylation sites is 2. The summed E-state index contributed by atoms with van der Waals surface area (Å²) >= 11 is 2.15. The number of nitrogen functional groups attached to an aromatic ring is 1. The summed E-state index contributed by atoms with van der Waals surface area (Å²) in [6.07, 6.45) is 0. The van der Waals surface area contributed by atoms with Crippen LogP contribution in [0.15, 0.2) is 42.5 Å². The van der Waals surface area contributed by atoms with E-state index in [1.807, 2.05) is 24.3 Å². The van der Waals surface area contributed by atoms with Crippen LogP contribution in [0.1, 0.15) is 0 Å². The number of rotatable bonds is 2. The number of hydrogen-bond donors (Lipinski definition) is 1. The Morgan fingerprint density at radius 2 is 1.69 bits per heavy atom. The van der Waals surface area contributed by atoms with Gasteiger partial charge >= 0.3 is 0 Å². The van der Waals surface area contributed by atoms with Crippen LogP contribution in [0.3, 0.4) is 0 Å². The van der Waals surface area contributed by atoms with Gasteiger partial charge in [0, 0.05) is 0 Å². The quantitative estimate of drug-likeness (QED) is 0.672. The van der Waals surface area contributed by atoms with Crippen LogP contribution in [-0.2, 0) is 0 Å². The van der Waals surface area contributed by atoms with Crippen LogP contribution in [0.2, 0.25) is 0 Å². The van der Waals surface area contributed by atoms with Crippen molar-refractivity contribution in [3.8, 4) is 11.5 Å². The first-order valence-corrected chi connectivity index (χ1v) is 5.73. The fourth-order valence-electron chi connectivity index (χ4n) is 1.25. The average Bonchev–Trinajstić information content (AvgIpc) is 2.28. The fraction of sp³-hybridized carbons (Fsp3) is 0. The SMILES string of the molecule is Nc1c(F)cccc1Oc1ccccc1I. The van der Waals surface area contributed by atoms with Gasteiger partial charge in [-0.2, -0.15) is 0 Å². The molecule has 0 atom stereocenters. The maximum Gasteiger partial charge on any atom is 0.153 e. The van der Waals surface area contributed by atoms with Crippen LogP contribution in [0.25, 0.3) is 0 Å². The smallest absolute Gasteiger partial charge is 0.153 e. The molecule has 0 saturated carbocycles. The first kappa shape index (κ1) is 11.2. The van der Waals surface area contributed by atoms with Crippen LogP contribution < -0.4 is 10.5 Å². The first-order valence-electron chi connectivity index (χ1n) is 4.65. The third-order valence-electron chi connectivity index (χ3n) is 2.07. The molecule has 0 radical (unpaired) electrons. The molecule has 2 aromatic carbocycles. The van der Waals surface area contributed by atoms with E-state index in [0.29, 0.717) is 11.5 Å². The zero-order valence-corrected chi connectivity index (χ0v) is 10.4. The Morgan fingerprint density at radius 1 is 1.00 bits per heavy atom. The van der Waals surface area contributed by atoms with E-state index >= 15 is 0 Å². The monoisotopic (exact) mass is 329 g/mol. The lowest BCUT2D eigenvalue weighted by atomic mass is 10.3. The Kier molecular flexibility index (Phi) is 3.28. The van der Waals surface area contributed by atoms with E-state index < -0.39 is 5.82 Å². The summed E-state index contributed by atoms with van der Waals surface area (Å²) in [5.74, 6) is 0.535. The molecule has 2 nitrogen and oxygen atoms in total. The summed E-state index contributed by atoms with van der Waals surface area (Å²) in [5, 5.41) is 0. The van der Waals surface area contributed by atoms with Gasteiger partial charge in [-0.25, -0.2) is 4.39 Å². The fourth-order valence-corrected chi connectivity index (χ4v) is 1.75. The molecule has 0 fully saturated rings. The molecule has 0 amide bonds. The molecule has 0 aromatic heterocycles. The highest BCUT2D eigenvalue weighted by atomic mass is 127. The summed E-state index contributed by atoms with van der Waals surface area (Å²) in [7, 11) is 0. The topological polar surface area (TPSA) is 35.2 Å². The van der Waals surface area contributed by atoms with Crippen LogP contribution >= 0.6 is 22.6 Å². The van der Waals surface area contributed by atoms with Crippen molar-refractivity contribution in [1.29, 1.82) is 0 Å². The van der Waals surface area contributed by atoms with Gasteiger partial charge in [0.05, 0.1) is 3.57 Å². The Labute approximate surface area is 106 Å². The summed E-state index contributed by atoms with van der Waals surface area (Å²) in [6, 6.07) is 12.0. The molecule has 0 spiro atoms. The third kappa shape index (κ3) is 2.27. The van der Waals surface area contributed by atoms with E-state index in [2.05, 4.69) is 22.6 Å². The van der Waals surface area contributed by atoms with Crippen molar-refractivity contribution in [3.05, 3.63) is 51.9 Å². The Balaban J connectivity index is 2.35. The summed E-state index contributed by atoms with van der Waals surface area (Å²) in [5.41, 5.74) is 5.61. The third-order valence-corrected chi connectivity index (χ3v) is 2.96. The van der Waals surface area contributed by atoms with Gasteiger partial charge in [0.25, 0.3) is 0 Å². The van der Waals surface area contributed by atoms with Crippen molar-refractivity contribution in [2.75, 3.05) is 5.73 Å². The number of hydrogen-bond acceptors (Lipinski definition) is 2. The van der Waals surface area contributed by atoms with Crippen molar-refractivity contribution in [2.45, 2.75) is 0 Å². The van der Waals surface area contributed by atoms with Crippen LogP contribution in [0, 0.1) is 9.39 Å². The standard InChI is InChI=1S/C12H9FINO/c13-8-4-3-7-11(12(8)15)16-10-6-2-1-5-9(10)14/h1-7H,15H2. The van der Waals surface area contributed by atoms with Crippen molar-refractivity contribution >= 4 is 28.3 Å². The minimum atomic E-state index is -0.469. The predicted octanol–water partition coefficient (Wildman–Crippen LogP) is 3.80. The second-order valence-electron chi connectivity index (χ2n) is 3.18. The van der Waals surface area contributed by atoms with E-state index in [9.17, 15) is 4.39 Å². The van der Waals surface area contributed by atoms with E-state index in [1.165, 1.54) is 6.07 Å². The molecular weight excluding hydrogens is 320 g/mol. The highest BCUT2D eigenvalue weighted by molar-refractivity contribution is 14.1. The zero-order valence-electron chi connectivity index (χ0n) is 8.28. The molecule has 0 aliphatic heterocycles. The minimum absolute atomic E-state index is 0.0298. The highest BCUT2D eigenvalue weighted by Crippen LogP contribution is 2.31. The average molecular weight is 329 g/mol. The number of halogens is 2. The number of nitrogens with two attached hydrogens (primary N) is 1. The van der Waals surface area contributed by atoms with Gasteiger partial charge in [-0.15, -0.1) is 0 Å². The summed E-state index contributed by atoms with van der Waals surface area (Å²) < 4.78 is 19.7. The second kappa shape index (κ2) is 4.69. The Hall–Kier alpha value is -1.30. The molecular formula is C12H9FINO. The minimum Gasteiger partial charge on any atom is -0.454 e. The van der Waals surface area contributed by atoms with Gasteiger partial charge < -0.3 is 10.5 Å². The lowest BCUT2D eigenvalue weighted by Crippen LogP contribution is -1.95. The van der Waals surface area contributed by atoms with Gasteiger partial charge in [-0.1, -0.05) is 18.2 Å². The van der Waals surface area contributed by atoms with Crippen LogP contribution in [-0.4, -0.2) is 0 Å². The van der Waals surface area contributed by atoms with Gasteiger partial charge in [-0.3, -0.25) is 0 Å². The second-order valence-corrected chi connectivity index (χ2v) is 4.35. The highest BCUT2D eigenvalue weighted by Gasteiger charge is 2.07. The molecule has 4 heteroatoms. The molecule has 2 rings (SSSR count). The van der Waals surface area contributed by atoms with Gasteiger partial charge in [0.2, 0.25) is 0 Å². The largest absolute Gasteiger partial charge is 0.454 e. The van der Waals surface area contributed by atoms with Gasteiger partial charge in [0.1, 0.15) is 17.3 Å². The van der Waals surface area contributed by atoms with E-state index in [1.54, 1.807) is 12.1 Å². The van der Waals surface area contributed by atoms with E-state index in [0.717, 1.165) is 3.57 Å². The van der Waals surface area contributed by atoms with Crippen molar-refractivity contribution < 1.29 is 9.13 Å². The molecule has 0 aliphatic rings. The summed E-state index contributed by atoms with van der Waals surface area (Å²) in [6.45, 7) is 0. The molecule has 2 aromatic rings. The molecule has 82 valence electrons. The molecule has 0 unspecified atom stereocenters. The number of ether oxygens (including phenoxy) is 1. The molecule has 0 heterocycles. The van der Waals surface area contributed by atoms with Gasteiger partial charge in [-0.05, 0) is 46.9 Å². The zero-order chi connectivity index (χ0) is 11.5. The predicted molar refractivity (Wildman–Crippen MR) is 70.0 cm³/mol. The van der Waals surface area contributed by atoms with Crippen molar-refractivity contribution in [2.24, 2.45) is 0 Å². The molecule has 2 N–H and O–H groups in total. The number of anilines is 1. The maximum absolute atomic E-state index is 13.2. The number of benzene rings is 2. The van der Waals surface area contributed by atoms with Crippen molar-refractivity contribution in [1.82, 2.24) is 0 Å². The summed E-state index contributed by atoms with van der Waals surface area (Å²) in [4.78, 5) is 0. The van der Waals surface area contributed by atoms with Crippen LogP contribution in [0.5, 0.6) is 11.5 Å². The normalized spacial score (nSPS) is 10.1. The van der Waals surface area contributed by atoms with Crippen molar-refractivity contribution in [3.63, 3.8) is 0 Å². The Bertz CT molecular complexity index is 516.